The number of hydrogen-bond acceptors (Lipinski definition) is 4. The third-order valence-electron chi connectivity index (χ3n) is 4.21. The van der Waals surface area contributed by atoms with Crippen molar-refractivity contribution in [2.24, 2.45) is 0 Å². The van der Waals surface area contributed by atoms with Crippen molar-refractivity contribution in [3.05, 3.63) is 33.1 Å². The van der Waals surface area contributed by atoms with Gasteiger partial charge in [-0.3, -0.25) is 19.2 Å². The fraction of sp³-hybridized carbons (Fsp3) is 0.600. The molecule has 23 heavy (non-hydrogen) atoms. The van der Waals surface area contributed by atoms with Crippen molar-refractivity contribution in [3.8, 4) is 0 Å². The van der Waals surface area contributed by atoms with Gasteiger partial charge in [0.2, 0.25) is 5.91 Å². The van der Waals surface area contributed by atoms with Gasteiger partial charge in [0.05, 0.1) is 12.0 Å². The number of aromatic amines is 1. The second kappa shape index (κ2) is 7.26. The molecule has 0 bridgehead atoms. The normalized spacial score (nSPS) is 16.7. The Morgan fingerprint density at radius 3 is 2.61 bits per heavy atom. The van der Waals surface area contributed by atoms with E-state index in [-0.39, 0.29) is 25.3 Å². The number of carbonyl (C=O) groups is 2. The number of H-pyrrole nitrogens is 1. The number of nitrogens with one attached hydrogen (secondary N) is 2. The number of aliphatic carboxylic acids is 1. The molecule has 1 aliphatic rings. The number of rotatable bonds is 6. The summed E-state index contributed by atoms with van der Waals surface area (Å²) >= 11 is 0. The number of aryl methyl sites for hydroxylation is 1. The Labute approximate surface area is 132 Å². The molecule has 1 saturated carbocycles. The first-order valence-corrected chi connectivity index (χ1v) is 7.73. The van der Waals surface area contributed by atoms with Crippen LogP contribution in [0.2, 0.25) is 0 Å². The van der Waals surface area contributed by atoms with Gasteiger partial charge in [-0.2, -0.15) is 0 Å². The number of nitrogens with zero attached hydrogens (tertiary/aromatic N) is 1. The maximum absolute atomic E-state index is 12.2. The molecule has 1 fully saturated rings. The van der Waals surface area contributed by atoms with E-state index in [1.165, 1.54) is 17.0 Å². The van der Waals surface area contributed by atoms with Crippen LogP contribution in [0, 0.1) is 0 Å². The minimum Gasteiger partial charge on any atom is -0.481 e. The molecule has 0 unspecified atom stereocenters. The lowest BCUT2D eigenvalue weighted by Crippen LogP contribution is -2.51. The highest BCUT2D eigenvalue weighted by molar-refractivity contribution is 5.78. The molecule has 3 N–H and O–H groups in total. The molecule has 0 spiro atoms. The monoisotopic (exact) mass is 323 g/mol. The molecular weight excluding hydrogens is 302 g/mol. The zero-order chi connectivity index (χ0) is 16.9. The molecular formula is C15H21N3O5. The minimum absolute atomic E-state index is 0.0186. The number of amides is 1. The molecule has 0 aliphatic heterocycles. The largest absolute Gasteiger partial charge is 0.481 e. The lowest BCUT2D eigenvalue weighted by molar-refractivity contribution is -0.139. The van der Waals surface area contributed by atoms with Gasteiger partial charge in [0, 0.05) is 25.4 Å². The lowest BCUT2D eigenvalue weighted by Gasteiger charge is -2.37. The molecule has 1 aromatic heterocycles. The molecule has 0 saturated heterocycles. The van der Waals surface area contributed by atoms with E-state index >= 15 is 0 Å². The van der Waals surface area contributed by atoms with Gasteiger partial charge >= 0.3 is 17.1 Å². The molecule has 0 radical (unpaired) electrons. The maximum Gasteiger partial charge on any atom is 0.316 e. The van der Waals surface area contributed by atoms with Gasteiger partial charge in [-0.1, -0.05) is 19.3 Å². The summed E-state index contributed by atoms with van der Waals surface area (Å²) in [5.41, 5.74) is -2.14. The standard InChI is InChI=1S/C15H21N3O5/c19-11(4-8-18-9-7-16-13(22)14(18)23)17-15(10-12(20)21)5-2-1-3-6-15/h7,9H,1-6,8,10H2,(H,16,22)(H,17,19)(H,20,21). The Kier molecular flexibility index (Phi) is 5.36. The molecule has 1 heterocycles. The molecule has 126 valence electrons. The van der Waals surface area contributed by atoms with Crippen molar-refractivity contribution in [3.63, 3.8) is 0 Å². The van der Waals surface area contributed by atoms with E-state index in [4.69, 9.17) is 5.11 Å². The molecule has 8 heteroatoms. The van der Waals surface area contributed by atoms with E-state index in [9.17, 15) is 19.2 Å². The lowest BCUT2D eigenvalue weighted by atomic mass is 9.79. The molecule has 8 nitrogen and oxygen atoms in total. The van der Waals surface area contributed by atoms with Gasteiger partial charge in [-0.25, -0.2) is 0 Å². The van der Waals surface area contributed by atoms with Crippen molar-refractivity contribution >= 4 is 11.9 Å². The average Bonchev–Trinajstić information content (AvgIpc) is 2.48. The second-order valence-corrected chi connectivity index (χ2v) is 6.00. The summed E-state index contributed by atoms with van der Waals surface area (Å²) in [7, 11) is 0. The first-order chi connectivity index (χ1) is 10.9. The fourth-order valence-corrected chi connectivity index (χ4v) is 3.08. The van der Waals surface area contributed by atoms with Crippen LogP contribution in [0.15, 0.2) is 22.0 Å². The zero-order valence-corrected chi connectivity index (χ0v) is 12.8. The summed E-state index contributed by atoms with van der Waals surface area (Å²) in [6.07, 6.45) is 6.79. The van der Waals surface area contributed by atoms with Gasteiger partial charge < -0.3 is 20.0 Å². The van der Waals surface area contributed by atoms with Crippen LogP contribution in [0.3, 0.4) is 0 Å². The Morgan fingerprint density at radius 1 is 1.26 bits per heavy atom. The summed E-state index contributed by atoms with van der Waals surface area (Å²) in [5, 5.41) is 11.9. The van der Waals surface area contributed by atoms with Crippen LogP contribution in [0.25, 0.3) is 0 Å². The smallest absolute Gasteiger partial charge is 0.316 e. The quantitative estimate of drug-likeness (QED) is 0.647. The van der Waals surface area contributed by atoms with E-state index in [2.05, 4.69) is 10.3 Å². The maximum atomic E-state index is 12.2. The van der Waals surface area contributed by atoms with E-state index in [0.717, 1.165) is 19.3 Å². The molecule has 0 aromatic carbocycles. The molecule has 1 amide bonds. The number of carboxylic acids is 1. The van der Waals surface area contributed by atoms with Gasteiger partial charge in [-0.05, 0) is 12.8 Å². The summed E-state index contributed by atoms with van der Waals surface area (Å²) in [6.45, 7) is 0.0811. The highest BCUT2D eigenvalue weighted by atomic mass is 16.4. The van der Waals surface area contributed by atoms with Crippen LogP contribution < -0.4 is 16.4 Å². The zero-order valence-electron chi connectivity index (χ0n) is 12.8. The van der Waals surface area contributed by atoms with Crippen molar-refractivity contribution < 1.29 is 14.7 Å². The summed E-state index contributed by atoms with van der Waals surface area (Å²) in [6, 6.07) is 0. The molecule has 1 aromatic rings. The SMILES string of the molecule is O=C(O)CC1(NC(=O)CCn2cc[nH]c(=O)c2=O)CCCCC1. The Balaban J connectivity index is 1.99. The third kappa shape index (κ3) is 4.54. The summed E-state index contributed by atoms with van der Waals surface area (Å²) in [4.78, 5) is 48.3. The van der Waals surface area contributed by atoms with Crippen LogP contribution in [-0.2, 0) is 16.1 Å². The molecule has 1 aliphatic carbocycles. The number of aromatic nitrogens is 2. The average molecular weight is 323 g/mol. The van der Waals surface area contributed by atoms with E-state index in [0.29, 0.717) is 12.8 Å². The first-order valence-electron chi connectivity index (χ1n) is 7.73. The van der Waals surface area contributed by atoms with Crippen LogP contribution in [0.1, 0.15) is 44.9 Å². The van der Waals surface area contributed by atoms with Gasteiger partial charge in [0.25, 0.3) is 0 Å². The summed E-state index contributed by atoms with van der Waals surface area (Å²) in [5.74, 6) is -1.24. The first kappa shape index (κ1) is 17.0. The fourth-order valence-electron chi connectivity index (χ4n) is 3.08. The molecule has 0 atom stereocenters. The Morgan fingerprint density at radius 2 is 1.96 bits per heavy atom. The predicted octanol–water partition coefficient (Wildman–Crippen LogP) is 0.220. The van der Waals surface area contributed by atoms with Crippen LogP contribution >= 0.6 is 0 Å². The Bertz CT molecular complexity index is 685. The predicted molar refractivity (Wildman–Crippen MR) is 82.2 cm³/mol. The number of carboxylic acid groups (broad SMARTS) is 1. The number of hydrogen-bond donors (Lipinski definition) is 3. The van der Waals surface area contributed by atoms with Crippen LogP contribution in [-0.4, -0.2) is 32.1 Å². The summed E-state index contributed by atoms with van der Waals surface area (Å²) < 4.78 is 1.17. The van der Waals surface area contributed by atoms with Crippen molar-refractivity contribution in [2.45, 2.75) is 57.0 Å². The molecule has 2 rings (SSSR count). The van der Waals surface area contributed by atoms with Gasteiger partial charge in [0.1, 0.15) is 0 Å². The van der Waals surface area contributed by atoms with E-state index < -0.39 is 22.6 Å². The van der Waals surface area contributed by atoms with Crippen LogP contribution in [0.4, 0.5) is 0 Å². The second-order valence-electron chi connectivity index (χ2n) is 6.00. The van der Waals surface area contributed by atoms with Crippen LogP contribution in [0.5, 0.6) is 0 Å². The number of carbonyl (C=O) groups excluding carboxylic acids is 1. The van der Waals surface area contributed by atoms with Gasteiger partial charge in [0.15, 0.2) is 0 Å². The minimum atomic E-state index is -0.932. The third-order valence-corrected chi connectivity index (χ3v) is 4.21. The van der Waals surface area contributed by atoms with E-state index in [1.807, 2.05) is 0 Å². The van der Waals surface area contributed by atoms with Crippen molar-refractivity contribution in [1.82, 2.24) is 14.9 Å². The highest BCUT2D eigenvalue weighted by Crippen LogP contribution is 2.31. The highest BCUT2D eigenvalue weighted by Gasteiger charge is 2.35. The Hall–Kier alpha value is -2.38. The van der Waals surface area contributed by atoms with Gasteiger partial charge in [-0.15, -0.1) is 0 Å². The van der Waals surface area contributed by atoms with E-state index in [1.54, 1.807) is 0 Å². The van der Waals surface area contributed by atoms with Crippen molar-refractivity contribution in [2.75, 3.05) is 0 Å². The van der Waals surface area contributed by atoms with Crippen molar-refractivity contribution in [1.29, 1.82) is 0 Å². The topological polar surface area (TPSA) is 121 Å².